The molecule has 1 aromatic heterocycles. The van der Waals surface area contributed by atoms with E-state index in [1.54, 1.807) is 6.20 Å². The van der Waals surface area contributed by atoms with Crippen molar-refractivity contribution >= 4 is 48.9 Å². The molecule has 5 heteroatoms. The summed E-state index contributed by atoms with van der Waals surface area (Å²) in [7, 11) is 0. The van der Waals surface area contributed by atoms with E-state index >= 15 is 0 Å². The van der Waals surface area contributed by atoms with Crippen molar-refractivity contribution in [3.63, 3.8) is 0 Å². The maximum Gasteiger partial charge on any atom is 0.325 e. The van der Waals surface area contributed by atoms with Gasteiger partial charge in [-0.05, 0) is 75.6 Å². The van der Waals surface area contributed by atoms with Crippen molar-refractivity contribution in [2.45, 2.75) is 48.5 Å². The molecule has 1 radical (unpaired) electrons. The summed E-state index contributed by atoms with van der Waals surface area (Å²) in [6.45, 7) is 13.2. The Morgan fingerprint density at radius 1 is 0.750 bits per heavy atom. The van der Waals surface area contributed by atoms with Crippen LogP contribution in [0.1, 0.15) is 47.1 Å². The molecule has 0 amide bonds. The summed E-state index contributed by atoms with van der Waals surface area (Å²) in [6, 6.07) is 29.8. The van der Waals surface area contributed by atoms with E-state index in [4.69, 9.17) is 0 Å². The minimum atomic E-state index is -0.306. The van der Waals surface area contributed by atoms with Gasteiger partial charge in [0.15, 0.2) is 0 Å². The van der Waals surface area contributed by atoms with Crippen LogP contribution < -0.4 is 0 Å². The fraction of sp³-hybridized carbons (Fsp3) is 0.231. The van der Waals surface area contributed by atoms with E-state index in [0.717, 1.165) is 22.0 Å². The van der Waals surface area contributed by atoms with Crippen LogP contribution in [0.4, 0.5) is 4.39 Å². The zero-order valence-electron chi connectivity index (χ0n) is 26.2. The molecule has 2 N–H and O–H groups in total. The van der Waals surface area contributed by atoms with Gasteiger partial charge in [-0.25, -0.2) is 4.39 Å². The van der Waals surface area contributed by atoms with Gasteiger partial charge in [0.25, 0.3) is 0 Å². The standard InChI is InChI=1S/C28H17FN.C11H20O2.Ir/c1-17-14-19(16-20(29)15-17)28-27-11-10-24-23-7-6-18-4-2-3-5-21(18)22(23)8-9-25(24)26(27)12-13-30-28;1-10(2,3)8(12)7-9(13)11(4,5)6;/h2-13,15-16H,1H3;7,12H,1-6H3;/q-1;;/p+1/b;8-7-;. The predicted octanol–water partition coefficient (Wildman–Crippen LogP) is 10.7. The maximum absolute atomic E-state index is 14.0. The minimum absolute atomic E-state index is 0. The molecule has 5 aromatic carbocycles. The third-order valence-electron chi connectivity index (χ3n) is 7.70. The number of hydrogen-bond acceptors (Lipinski definition) is 2. The number of fused-ring (bicyclic) bond motifs is 7. The van der Waals surface area contributed by atoms with Gasteiger partial charge in [0, 0.05) is 37.5 Å². The van der Waals surface area contributed by atoms with Crippen LogP contribution in [-0.4, -0.2) is 20.7 Å². The number of carbonyl (C=O) groups excluding carboxylic acids is 1. The Morgan fingerprint density at radius 3 is 1.89 bits per heavy atom. The normalized spacial score (nSPS) is 12.2. The Kier molecular flexibility index (Phi) is 9.44. The molecule has 0 saturated heterocycles. The number of aliphatic hydroxyl groups is 1. The topological polar surface area (TPSA) is 54.5 Å². The van der Waals surface area contributed by atoms with Gasteiger partial charge >= 0.3 is 5.78 Å². The van der Waals surface area contributed by atoms with Crippen LogP contribution >= 0.6 is 0 Å². The number of aryl methyl sites for hydroxylation is 1. The number of nitrogens with zero attached hydrogens (tertiary/aromatic N) is 1. The Morgan fingerprint density at radius 2 is 1.30 bits per heavy atom. The van der Waals surface area contributed by atoms with Crippen LogP contribution in [-0.2, 0) is 20.1 Å². The van der Waals surface area contributed by atoms with Crippen LogP contribution in [0.3, 0.4) is 0 Å². The first-order valence-electron chi connectivity index (χ1n) is 14.5. The molecule has 0 aliphatic heterocycles. The largest absolute Gasteiger partial charge is 0.511 e. The van der Waals surface area contributed by atoms with Crippen molar-refractivity contribution in [2.24, 2.45) is 10.8 Å². The molecular weight excluding hydrogens is 726 g/mol. The molecule has 227 valence electrons. The molecule has 0 bridgehead atoms. The van der Waals surface area contributed by atoms with Crippen molar-refractivity contribution < 1.29 is 34.4 Å². The molecule has 3 nitrogen and oxygen atoms in total. The number of halogens is 1. The van der Waals surface area contributed by atoms with E-state index in [0.29, 0.717) is 5.56 Å². The van der Waals surface area contributed by atoms with Crippen molar-refractivity contribution in [3.8, 4) is 11.3 Å². The van der Waals surface area contributed by atoms with Gasteiger partial charge in [0.2, 0.25) is 0 Å². The van der Waals surface area contributed by atoms with Gasteiger partial charge in [-0.3, -0.25) is 4.79 Å². The maximum atomic E-state index is 14.0. The average Bonchev–Trinajstić information content (AvgIpc) is 2.95. The van der Waals surface area contributed by atoms with Crippen molar-refractivity contribution in [1.29, 1.82) is 0 Å². The fourth-order valence-corrected chi connectivity index (χ4v) is 5.15. The number of pyridine rings is 1. The van der Waals surface area contributed by atoms with E-state index < -0.39 is 0 Å². The number of ketones is 1. The molecule has 0 fully saturated rings. The summed E-state index contributed by atoms with van der Waals surface area (Å²) in [6.07, 6.45) is 3.25. The molecule has 6 rings (SSSR count). The summed E-state index contributed by atoms with van der Waals surface area (Å²) in [4.78, 5) is 14.2. The third kappa shape index (κ3) is 6.75. The molecule has 1 heterocycles. The van der Waals surface area contributed by atoms with Gasteiger partial charge in [0.1, 0.15) is 5.76 Å². The third-order valence-corrected chi connectivity index (χ3v) is 7.70. The number of aliphatic hydroxyl groups excluding tert-OH is 1. The van der Waals surface area contributed by atoms with E-state index in [9.17, 15) is 14.3 Å². The second-order valence-corrected chi connectivity index (χ2v) is 13.2. The van der Waals surface area contributed by atoms with Gasteiger partial charge in [-0.1, -0.05) is 88.4 Å². The monoisotopic (exact) mass is 764 g/mol. The number of rotatable bonds is 2. The molecule has 0 aliphatic carbocycles. The first-order chi connectivity index (χ1) is 20.2. The summed E-state index contributed by atoms with van der Waals surface area (Å²) in [5.74, 6) is 0.151. The molecule has 0 atom stereocenters. The molecule has 6 aromatic rings. The average molecular weight is 764 g/mol. The second kappa shape index (κ2) is 12.6. The van der Waals surface area contributed by atoms with Crippen LogP contribution in [0.5, 0.6) is 0 Å². The Bertz CT molecular complexity index is 2030. The summed E-state index contributed by atoms with van der Waals surface area (Å²) >= 11 is 0. The van der Waals surface area contributed by atoms with E-state index in [1.807, 2.05) is 54.5 Å². The SMILES string of the molecule is CC(C)(C)C(=[OH+])/C=C(\O)C(C)(C)C.Cc1[c-]c(-c2nccc3c2ccc2c3ccc3c4ccccc4ccc32)cc(F)c1.[Ir]. The first kappa shape index (κ1) is 33.0. The van der Waals surface area contributed by atoms with Gasteiger partial charge in [0.05, 0.1) is 11.5 Å². The van der Waals surface area contributed by atoms with E-state index in [-0.39, 0.29) is 48.3 Å². The predicted molar refractivity (Wildman–Crippen MR) is 180 cm³/mol. The molecule has 0 saturated carbocycles. The molecular formula is C39H38FIrNO2. The minimum Gasteiger partial charge on any atom is -0.511 e. The molecule has 44 heavy (non-hydrogen) atoms. The zero-order chi connectivity index (χ0) is 31.1. The van der Waals surface area contributed by atoms with Crippen LogP contribution in [0, 0.1) is 29.6 Å². The Balaban J connectivity index is 0.000000271. The van der Waals surface area contributed by atoms with E-state index in [1.165, 1.54) is 50.5 Å². The van der Waals surface area contributed by atoms with E-state index in [2.05, 4.69) is 71.7 Å². The van der Waals surface area contributed by atoms with Gasteiger partial charge in [-0.2, -0.15) is 0 Å². The summed E-state index contributed by atoms with van der Waals surface area (Å²) in [5.41, 5.74) is 1.60. The summed E-state index contributed by atoms with van der Waals surface area (Å²) < 4.78 is 14.0. The quantitative estimate of drug-likeness (QED) is 0.0628. The van der Waals surface area contributed by atoms with Gasteiger partial charge < -0.3 is 10.1 Å². The van der Waals surface area contributed by atoms with Crippen molar-refractivity contribution in [3.05, 3.63) is 114 Å². The molecule has 0 spiro atoms. The second-order valence-electron chi connectivity index (χ2n) is 13.2. The Labute approximate surface area is 272 Å². The number of hydrogen-bond donors (Lipinski definition) is 1. The molecule has 0 aliphatic rings. The van der Waals surface area contributed by atoms with Crippen LogP contribution in [0.25, 0.3) is 54.3 Å². The summed E-state index contributed by atoms with van der Waals surface area (Å²) in [5, 5.41) is 19.1. The van der Waals surface area contributed by atoms with Crippen molar-refractivity contribution in [1.82, 2.24) is 4.98 Å². The van der Waals surface area contributed by atoms with Gasteiger partial charge in [-0.15, -0.1) is 29.3 Å². The van der Waals surface area contributed by atoms with Crippen LogP contribution in [0.2, 0.25) is 0 Å². The Hall–Kier alpha value is -3.92. The van der Waals surface area contributed by atoms with Crippen molar-refractivity contribution in [2.75, 3.05) is 0 Å². The number of benzene rings is 5. The fourth-order valence-electron chi connectivity index (χ4n) is 5.15. The molecule has 0 unspecified atom stereocenters. The number of allylic oxidation sites excluding steroid dienone is 2. The number of aromatic nitrogens is 1. The first-order valence-corrected chi connectivity index (χ1v) is 14.5. The smallest absolute Gasteiger partial charge is 0.325 e. The zero-order valence-corrected chi connectivity index (χ0v) is 28.6. The van der Waals surface area contributed by atoms with Crippen LogP contribution in [0.15, 0.2) is 96.9 Å².